The van der Waals surface area contributed by atoms with Crippen LogP contribution in [0.25, 0.3) is 89.5 Å². The number of nitrogens with zero attached hydrogens (tertiary/aromatic N) is 3. The third-order valence-corrected chi connectivity index (χ3v) is 8.94. The third kappa shape index (κ3) is 5.35. The van der Waals surface area contributed by atoms with E-state index in [4.69, 9.17) is 19.4 Å². The van der Waals surface area contributed by atoms with Crippen LogP contribution in [0.15, 0.2) is 180 Å². The molecule has 4 heteroatoms. The minimum Gasteiger partial charge on any atom is -0.455 e. The van der Waals surface area contributed by atoms with Gasteiger partial charge in [0.15, 0.2) is 17.5 Å². The van der Waals surface area contributed by atoms with Gasteiger partial charge in [0, 0.05) is 21.9 Å². The summed E-state index contributed by atoms with van der Waals surface area (Å²) in [6.07, 6.45) is 0. The molecule has 0 amide bonds. The van der Waals surface area contributed by atoms with Crippen molar-refractivity contribution in [2.24, 2.45) is 0 Å². The normalized spacial score (nSPS) is 11.3. The molecule has 0 radical (unpaired) electrons. The minimum atomic E-state index is 0.557. The van der Waals surface area contributed by atoms with Crippen molar-refractivity contribution in [2.75, 3.05) is 0 Å². The molecule has 0 atom stereocenters. The maximum absolute atomic E-state index is 6.64. The Balaban J connectivity index is 1.26. The van der Waals surface area contributed by atoms with Gasteiger partial charge >= 0.3 is 0 Å². The number of fused-ring (bicyclic) bond motifs is 3. The van der Waals surface area contributed by atoms with Gasteiger partial charge in [-0.1, -0.05) is 152 Å². The van der Waals surface area contributed by atoms with E-state index < -0.39 is 0 Å². The number of furan rings is 1. The first-order valence-corrected chi connectivity index (χ1v) is 16.4. The SMILES string of the molecule is c1ccc(-c2cccc(-c3nc(-c4cccc(-c5ccccc5)c4)nc(-c4cccc5c4oc4cccc(-c6ccccc6)c45)n3)c2)cc1. The number of rotatable bonds is 6. The maximum atomic E-state index is 6.64. The molecule has 0 aliphatic heterocycles. The standard InChI is InChI=1S/C45H29N3O/c1-4-14-30(15-5-1)33-20-10-22-35(28-33)43-46-44(36-23-11-21-34(29-36)31-16-6-2-7-17-31)48-45(47-43)39-26-12-25-38-41-37(32-18-8-3-9-19-32)24-13-27-40(41)49-42(38)39/h1-29H. The number of aromatic nitrogens is 3. The molecule has 2 heterocycles. The van der Waals surface area contributed by atoms with Gasteiger partial charge in [0.1, 0.15) is 11.2 Å². The van der Waals surface area contributed by atoms with Gasteiger partial charge in [-0.2, -0.15) is 0 Å². The first-order valence-electron chi connectivity index (χ1n) is 16.4. The molecule has 7 aromatic carbocycles. The average molecular weight is 628 g/mol. The first-order chi connectivity index (χ1) is 24.3. The summed E-state index contributed by atoms with van der Waals surface area (Å²) < 4.78 is 6.64. The van der Waals surface area contributed by atoms with Crippen LogP contribution in [0.2, 0.25) is 0 Å². The molecule has 9 aromatic rings. The highest BCUT2D eigenvalue weighted by Crippen LogP contribution is 2.40. The predicted molar refractivity (Wildman–Crippen MR) is 200 cm³/mol. The molecule has 0 N–H and O–H groups in total. The lowest BCUT2D eigenvalue weighted by molar-refractivity contribution is 0.669. The molecule has 2 aromatic heterocycles. The zero-order valence-corrected chi connectivity index (χ0v) is 26.5. The number of benzene rings is 7. The monoisotopic (exact) mass is 627 g/mol. The second kappa shape index (κ2) is 12.2. The third-order valence-electron chi connectivity index (χ3n) is 8.94. The van der Waals surface area contributed by atoms with Crippen LogP contribution in [0.4, 0.5) is 0 Å². The predicted octanol–water partition coefficient (Wildman–Crippen LogP) is 11.8. The molecular formula is C45H29N3O. The summed E-state index contributed by atoms with van der Waals surface area (Å²) in [7, 11) is 0. The Hall–Kier alpha value is -6.65. The topological polar surface area (TPSA) is 51.8 Å². The summed E-state index contributed by atoms with van der Waals surface area (Å²) in [6, 6.07) is 60.4. The van der Waals surface area contributed by atoms with E-state index in [9.17, 15) is 0 Å². The lowest BCUT2D eigenvalue weighted by Gasteiger charge is -2.11. The van der Waals surface area contributed by atoms with Crippen LogP contribution >= 0.6 is 0 Å². The van der Waals surface area contributed by atoms with Gasteiger partial charge in [0.05, 0.1) is 5.56 Å². The summed E-state index contributed by atoms with van der Waals surface area (Å²) >= 11 is 0. The smallest absolute Gasteiger partial charge is 0.167 e. The lowest BCUT2D eigenvalue weighted by Crippen LogP contribution is -2.00. The Morgan fingerprint density at radius 3 is 1.37 bits per heavy atom. The van der Waals surface area contributed by atoms with Crippen LogP contribution in [-0.4, -0.2) is 15.0 Å². The van der Waals surface area contributed by atoms with Gasteiger partial charge in [-0.25, -0.2) is 15.0 Å². The molecule has 0 saturated heterocycles. The molecule has 0 saturated carbocycles. The molecular weight excluding hydrogens is 599 g/mol. The van der Waals surface area contributed by atoms with E-state index >= 15 is 0 Å². The summed E-state index contributed by atoms with van der Waals surface area (Å²) in [4.78, 5) is 15.4. The van der Waals surface area contributed by atoms with Gasteiger partial charge in [0.25, 0.3) is 0 Å². The fourth-order valence-electron chi connectivity index (χ4n) is 6.57. The van der Waals surface area contributed by atoms with Crippen LogP contribution in [0.5, 0.6) is 0 Å². The second-order valence-electron chi connectivity index (χ2n) is 12.0. The van der Waals surface area contributed by atoms with Crippen LogP contribution in [0, 0.1) is 0 Å². The molecule has 0 aliphatic rings. The Morgan fingerprint density at radius 1 is 0.327 bits per heavy atom. The van der Waals surface area contributed by atoms with Crippen molar-refractivity contribution in [3.8, 4) is 67.5 Å². The molecule has 0 spiro atoms. The molecule has 0 bridgehead atoms. The second-order valence-corrected chi connectivity index (χ2v) is 12.0. The Labute approximate surface area is 284 Å². The molecule has 0 aliphatic carbocycles. The first kappa shape index (κ1) is 28.6. The molecule has 0 unspecified atom stereocenters. The van der Waals surface area contributed by atoms with Crippen molar-refractivity contribution in [2.45, 2.75) is 0 Å². The minimum absolute atomic E-state index is 0.557. The lowest BCUT2D eigenvalue weighted by atomic mass is 9.99. The van der Waals surface area contributed by atoms with Crippen molar-refractivity contribution in [3.05, 3.63) is 176 Å². The van der Waals surface area contributed by atoms with Crippen molar-refractivity contribution in [3.63, 3.8) is 0 Å². The van der Waals surface area contributed by atoms with Crippen LogP contribution in [0.1, 0.15) is 0 Å². The highest BCUT2D eigenvalue weighted by molar-refractivity contribution is 6.15. The molecule has 0 fully saturated rings. The van der Waals surface area contributed by atoms with Gasteiger partial charge in [-0.3, -0.25) is 0 Å². The molecule has 4 nitrogen and oxygen atoms in total. The largest absolute Gasteiger partial charge is 0.455 e. The number of para-hydroxylation sites is 1. The van der Waals surface area contributed by atoms with E-state index in [1.54, 1.807) is 0 Å². The summed E-state index contributed by atoms with van der Waals surface area (Å²) in [5, 5.41) is 2.10. The van der Waals surface area contributed by atoms with Crippen LogP contribution in [0.3, 0.4) is 0 Å². The molecule has 49 heavy (non-hydrogen) atoms. The Kier molecular flexibility index (Phi) is 7.10. The van der Waals surface area contributed by atoms with Gasteiger partial charge in [-0.05, 0) is 57.6 Å². The van der Waals surface area contributed by atoms with E-state index in [1.807, 2.05) is 36.4 Å². The maximum Gasteiger partial charge on any atom is 0.167 e. The summed E-state index contributed by atoms with van der Waals surface area (Å²) in [5.41, 5.74) is 10.9. The van der Waals surface area contributed by atoms with Gasteiger partial charge < -0.3 is 4.42 Å². The van der Waals surface area contributed by atoms with E-state index in [0.717, 1.165) is 72.0 Å². The number of hydrogen-bond donors (Lipinski definition) is 0. The number of hydrogen-bond acceptors (Lipinski definition) is 4. The van der Waals surface area contributed by atoms with Gasteiger partial charge in [0.2, 0.25) is 0 Å². The van der Waals surface area contributed by atoms with Crippen LogP contribution in [-0.2, 0) is 0 Å². The quantitative estimate of drug-likeness (QED) is 0.184. The van der Waals surface area contributed by atoms with E-state index in [0.29, 0.717) is 17.5 Å². The fourth-order valence-corrected chi connectivity index (χ4v) is 6.57. The molecule has 9 rings (SSSR count). The van der Waals surface area contributed by atoms with Crippen molar-refractivity contribution < 1.29 is 4.42 Å². The highest BCUT2D eigenvalue weighted by atomic mass is 16.3. The van der Waals surface area contributed by atoms with Crippen molar-refractivity contribution >= 4 is 21.9 Å². The zero-order chi connectivity index (χ0) is 32.6. The Morgan fingerprint density at radius 2 is 0.776 bits per heavy atom. The van der Waals surface area contributed by atoms with E-state index in [2.05, 4.69) is 140 Å². The van der Waals surface area contributed by atoms with Crippen molar-refractivity contribution in [1.82, 2.24) is 15.0 Å². The van der Waals surface area contributed by atoms with Crippen LogP contribution < -0.4 is 0 Å². The fraction of sp³-hybridized carbons (Fsp3) is 0. The molecule has 230 valence electrons. The van der Waals surface area contributed by atoms with Crippen molar-refractivity contribution in [1.29, 1.82) is 0 Å². The van der Waals surface area contributed by atoms with Gasteiger partial charge in [-0.15, -0.1) is 0 Å². The summed E-state index contributed by atoms with van der Waals surface area (Å²) in [6.45, 7) is 0. The zero-order valence-electron chi connectivity index (χ0n) is 26.5. The van der Waals surface area contributed by atoms with E-state index in [1.165, 1.54) is 0 Å². The average Bonchev–Trinajstić information content (AvgIpc) is 3.58. The Bertz CT molecular complexity index is 2490. The summed E-state index contributed by atoms with van der Waals surface area (Å²) in [5.74, 6) is 1.75. The highest BCUT2D eigenvalue weighted by Gasteiger charge is 2.20. The van der Waals surface area contributed by atoms with E-state index in [-0.39, 0.29) is 0 Å².